The van der Waals surface area contributed by atoms with E-state index in [1.807, 2.05) is 31.2 Å². The Hall–Kier alpha value is -1.79. The van der Waals surface area contributed by atoms with Gasteiger partial charge in [0.15, 0.2) is 5.12 Å². The van der Waals surface area contributed by atoms with Crippen molar-refractivity contribution in [2.45, 2.75) is 13.8 Å². The van der Waals surface area contributed by atoms with Gasteiger partial charge in [-0.2, -0.15) is 0 Å². The molecule has 2 nitrogen and oxygen atoms in total. The van der Waals surface area contributed by atoms with Gasteiger partial charge >= 0.3 is 0 Å². The number of pyridine rings is 1. The van der Waals surface area contributed by atoms with E-state index >= 15 is 0 Å². The Morgan fingerprint density at radius 3 is 3.00 bits per heavy atom. The molecule has 0 radical (unpaired) electrons. The van der Waals surface area contributed by atoms with Crippen LogP contribution in [-0.4, -0.2) is 15.9 Å². The van der Waals surface area contributed by atoms with E-state index in [1.165, 1.54) is 11.8 Å². The Morgan fingerprint density at radius 2 is 2.22 bits per heavy atom. The molecule has 0 aliphatic heterocycles. The van der Waals surface area contributed by atoms with Crippen molar-refractivity contribution in [3.05, 3.63) is 41.6 Å². The number of carbonyl (C=O) groups excluding carboxylic acids is 1. The van der Waals surface area contributed by atoms with Gasteiger partial charge in [-0.1, -0.05) is 35.7 Å². The Labute approximate surface area is 111 Å². The highest BCUT2D eigenvalue weighted by Gasteiger charge is 2.01. The lowest BCUT2D eigenvalue weighted by Gasteiger charge is -2.02. The molecule has 1 aromatic carbocycles. The summed E-state index contributed by atoms with van der Waals surface area (Å²) < 4.78 is 0. The monoisotopic (exact) mass is 255 g/mol. The molecule has 90 valence electrons. The summed E-state index contributed by atoms with van der Waals surface area (Å²) in [6, 6.07) is 8.00. The van der Waals surface area contributed by atoms with Gasteiger partial charge < -0.3 is 0 Å². The molecule has 0 fully saturated rings. The van der Waals surface area contributed by atoms with Gasteiger partial charge in [0.05, 0.1) is 11.3 Å². The van der Waals surface area contributed by atoms with Crippen LogP contribution in [0.1, 0.15) is 18.1 Å². The highest BCUT2D eigenvalue weighted by molar-refractivity contribution is 8.13. The van der Waals surface area contributed by atoms with Gasteiger partial charge in [0, 0.05) is 24.1 Å². The minimum absolute atomic E-state index is 0.0983. The summed E-state index contributed by atoms with van der Waals surface area (Å²) in [4.78, 5) is 15.2. The zero-order valence-electron chi connectivity index (χ0n) is 10.4. The second-order valence-electron chi connectivity index (χ2n) is 3.90. The van der Waals surface area contributed by atoms with E-state index in [0.29, 0.717) is 5.75 Å². The topological polar surface area (TPSA) is 30.0 Å². The van der Waals surface area contributed by atoms with E-state index in [0.717, 1.165) is 22.0 Å². The third-order valence-electron chi connectivity index (χ3n) is 2.60. The molecule has 0 aliphatic carbocycles. The molecule has 0 bridgehead atoms. The number of rotatable bonds is 1. The summed E-state index contributed by atoms with van der Waals surface area (Å²) in [7, 11) is 0. The predicted octanol–water partition coefficient (Wildman–Crippen LogP) is 3.17. The smallest absolute Gasteiger partial charge is 0.186 e. The van der Waals surface area contributed by atoms with Gasteiger partial charge in [0.25, 0.3) is 0 Å². The van der Waals surface area contributed by atoms with Crippen LogP contribution in [0, 0.1) is 18.8 Å². The predicted molar refractivity (Wildman–Crippen MR) is 76.5 cm³/mol. The molecule has 2 aromatic rings. The minimum Gasteiger partial charge on any atom is -0.288 e. The number of fused-ring (bicyclic) bond motifs is 1. The number of hydrogen-bond acceptors (Lipinski definition) is 3. The van der Waals surface area contributed by atoms with Crippen LogP contribution in [0.3, 0.4) is 0 Å². The number of hydrogen-bond donors (Lipinski definition) is 0. The van der Waals surface area contributed by atoms with Crippen molar-refractivity contribution in [3.63, 3.8) is 0 Å². The maximum absolute atomic E-state index is 10.8. The molecule has 0 aliphatic rings. The molecule has 0 N–H and O–H groups in total. The Morgan fingerprint density at radius 1 is 1.39 bits per heavy atom. The molecule has 0 saturated carbocycles. The van der Waals surface area contributed by atoms with Crippen molar-refractivity contribution in [2.24, 2.45) is 0 Å². The summed E-state index contributed by atoms with van der Waals surface area (Å²) in [6.07, 6.45) is 1.79. The first-order valence-corrected chi connectivity index (χ1v) is 6.63. The van der Waals surface area contributed by atoms with Gasteiger partial charge in [0.1, 0.15) is 0 Å². The highest BCUT2D eigenvalue weighted by Crippen LogP contribution is 2.18. The first kappa shape index (κ1) is 12.7. The fourth-order valence-electron chi connectivity index (χ4n) is 1.70. The van der Waals surface area contributed by atoms with Gasteiger partial charge in [-0.15, -0.1) is 0 Å². The summed E-state index contributed by atoms with van der Waals surface area (Å²) in [5.41, 5.74) is 3.06. The molecule has 18 heavy (non-hydrogen) atoms. The molecule has 0 spiro atoms. The van der Waals surface area contributed by atoms with Crippen LogP contribution < -0.4 is 0 Å². The molecule has 3 heteroatoms. The van der Waals surface area contributed by atoms with Crippen molar-refractivity contribution < 1.29 is 4.79 Å². The van der Waals surface area contributed by atoms with Gasteiger partial charge in [0.2, 0.25) is 0 Å². The number of aryl methyl sites for hydroxylation is 1. The number of thioether (sulfide) groups is 1. The molecule has 0 saturated heterocycles. The highest BCUT2D eigenvalue weighted by atomic mass is 32.2. The van der Waals surface area contributed by atoms with Gasteiger partial charge in [-0.05, 0) is 24.6 Å². The number of benzene rings is 1. The van der Waals surface area contributed by atoms with Crippen molar-refractivity contribution >= 4 is 27.8 Å². The lowest BCUT2D eigenvalue weighted by Crippen LogP contribution is -1.88. The van der Waals surface area contributed by atoms with Crippen LogP contribution in [0.15, 0.2) is 30.5 Å². The van der Waals surface area contributed by atoms with Crippen molar-refractivity contribution in [3.8, 4) is 11.8 Å². The fourth-order valence-corrected chi connectivity index (χ4v) is 2.04. The second-order valence-corrected chi connectivity index (χ2v) is 5.05. The van der Waals surface area contributed by atoms with E-state index < -0.39 is 0 Å². The molecule has 1 heterocycles. The zero-order chi connectivity index (χ0) is 13.0. The van der Waals surface area contributed by atoms with Crippen molar-refractivity contribution in [1.82, 2.24) is 4.98 Å². The Kier molecular flexibility index (Phi) is 4.01. The molecular formula is C15H13NOS. The third-order valence-corrected chi connectivity index (χ3v) is 3.29. The maximum atomic E-state index is 10.8. The molecule has 1 aromatic heterocycles. The molecular weight excluding hydrogens is 242 g/mol. The van der Waals surface area contributed by atoms with Crippen LogP contribution in [0.5, 0.6) is 0 Å². The van der Waals surface area contributed by atoms with E-state index in [4.69, 9.17) is 0 Å². The van der Waals surface area contributed by atoms with Crippen LogP contribution >= 0.6 is 11.8 Å². The number of carbonyl (C=O) groups is 1. The Bertz CT molecular complexity index is 652. The van der Waals surface area contributed by atoms with Crippen molar-refractivity contribution in [2.75, 3.05) is 5.75 Å². The van der Waals surface area contributed by atoms with E-state index in [9.17, 15) is 4.79 Å². The summed E-state index contributed by atoms with van der Waals surface area (Å²) >= 11 is 1.23. The SMILES string of the molecule is CC(=O)SCC#Cc1ccc2cccnc2c1C. The summed E-state index contributed by atoms with van der Waals surface area (Å²) in [5.74, 6) is 6.64. The number of nitrogens with zero attached hydrogens (tertiary/aromatic N) is 1. The van der Waals surface area contributed by atoms with Gasteiger partial charge in [-0.3, -0.25) is 9.78 Å². The molecule has 0 unspecified atom stereocenters. The third kappa shape index (κ3) is 2.91. The first-order valence-electron chi connectivity index (χ1n) is 5.65. The largest absolute Gasteiger partial charge is 0.288 e. The second kappa shape index (κ2) is 5.70. The normalized spacial score (nSPS) is 9.89. The first-order chi connectivity index (χ1) is 8.68. The number of aromatic nitrogens is 1. The molecule has 0 atom stereocenters. The van der Waals surface area contributed by atoms with Gasteiger partial charge in [-0.25, -0.2) is 0 Å². The zero-order valence-corrected chi connectivity index (χ0v) is 11.2. The standard InChI is InChI=1S/C15H13NOS/c1-11-13(6-4-10-18-12(2)17)7-8-14-5-3-9-16-15(11)14/h3,5,7-9H,10H2,1-2H3. The van der Waals surface area contributed by atoms with Crippen LogP contribution in [0.4, 0.5) is 0 Å². The van der Waals surface area contributed by atoms with E-state index in [2.05, 4.69) is 16.8 Å². The van der Waals surface area contributed by atoms with E-state index in [1.54, 1.807) is 13.1 Å². The molecule has 0 amide bonds. The van der Waals surface area contributed by atoms with Crippen LogP contribution in [0.25, 0.3) is 10.9 Å². The minimum atomic E-state index is 0.0983. The average Bonchev–Trinajstić information content (AvgIpc) is 2.37. The lowest BCUT2D eigenvalue weighted by molar-refractivity contribution is -0.109. The lowest BCUT2D eigenvalue weighted by atomic mass is 10.0. The average molecular weight is 255 g/mol. The van der Waals surface area contributed by atoms with E-state index in [-0.39, 0.29) is 5.12 Å². The summed E-state index contributed by atoms with van der Waals surface area (Å²) in [6.45, 7) is 3.58. The van der Waals surface area contributed by atoms with Crippen molar-refractivity contribution in [1.29, 1.82) is 0 Å². The van der Waals surface area contributed by atoms with Crippen LogP contribution in [-0.2, 0) is 4.79 Å². The Balaban J connectivity index is 2.29. The summed E-state index contributed by atoms with van der Waals surface area (Å²) in [5, 5.41) is 1.22. The maximum Gasteiger partial charge on any atom is 0.186 e. The quantitative estimate of drug-likeness (QED) is 0.733. The molecule has 2 rings (SSSR count). The van der Waals surface area contributed by atoms with Crippen LogP contribution in [0.2, 0.25) is 0 Å². The fraction of sp³-hybridized carbons (Fsp3) is 0.200.